The summed E-state index contributed by atoms with van der Waals surface area (Å²) in [6.45, 7) is 0. The SMILES string of the molecule is N[C@H]1C=CC([C@H]2C=CC=CC2)=CC1. The Kier molecular flexibility index (Phi) is 2.46. The van der Waals surface area contributed by atoms with Crippen molar-refractivity contribution in [2.75, 3.05) is 0 Å². The minimum Gasteiger partial charge on any atom is -0.324 e. The van der Waals surface area contributed by atoms with Gasteiger partial charge in [0.15, 0.2) is 0 Å². The number of allylic oxidation sites excluding steroid dienone is 6. The lowest BCUT2D eigenvalue weighted by Crippen LogP contribution is -2.18. The molecule has 0 radical (unpaired) electrons. The summed E-state index contributed by atoms with van der Waals surface area (Å²) in [6.07, 6.45) is 17.3. The van der Waals surface area contributed by atoms with E-state index >= 15 is 0 Å². The summed E-state index contributed by atoms with van der Waals surface area (Å²) in [5.74, 6) is 0.578. The molecule has 0 aromatic rings. The Labute approximate surface area is 79.3 Å². The molecule has 68 valence electrons. The molecule has 2 rings (SSSR count). The van der Waals surface area contributed by atoms with E-state index in [2.05, 4.69) is 42.5 Å². The van der Waals surface area contributed by atoms with Crippen LogP contribution >= 0.6 is 0 Å². The minimum atomic E-state index is 0.229. The minimum absolute atomic E-state index is 0.229. The van der Waals surface area contributed by atoms with Crippen molar-refractivity contribution in [3.63, 3.8) is 0 Å². The van der Waals surface area contributed by atoms with Gasteiger partial charge in [0.05, 0.1) is 0 Å². The predicted molar refractivity (Wildman–Crippen MR) is 56.2 cm³/mol. The lowest BCUT2D eigenvalue weighted by Gasteiger charge is -2.18. The molecule has 0 heterocycles. The highest BCUT2D eigenvalue weighted by molar-refractivity contribution is 5.32. The Hall–Kier alpha value is -1.08. The highest BCUT2D eigenvalue weighted by atomic mass is 14.6. The first kappa shape index (κ1) is 8.52. The summed E-state index contributed by atoms with van der Waals surface area (Å²) < 4.78 is 0. The van der Waals surface area contributed by atoms with Gasteiger partial charge in [-0.2, -0.15) is 0 Å². The number of hydrogen-bond acceptors (Lipinski definition) is 1. The molecular weight excluding hydrogens is 158 g/mol. The fourth-order valence-electron chi connectivity index (χ4n) is 1.76. The van der Waals surface area contributed by atoms with Crippen molar-refractivity contribution in [1.82, 2.24) is 0 Å². The topological polar surface area (TPSA) is 26.0 Å². The maximum absolute atomic E-state index is 5.76. The normalized spacial score (nSPS) is 31.9. The molecule has 0 aromatic carbocycles. The summed E-state index contributed by atoms with van der Waals surface area (Å²) in [5, 5.41) is 0. The second-order valence-corrected chi connectivity index (χ2v) is 3.62. The fourth-order valence-corrected chi connectivity index (χ4v) is 1.76. The second kappa shape index (κ2) is 3.75. The molecule has 13 heavy (non-hydrogen) atoms. The summed E-state index contributed by atoms with van der Waals surface area (Å²) in [7, 11) is 0. The standard InChI is InChI=1S/C12H15N/c13-12-8-6-11(7-9-12)10-4-2-1-3-5-10/h1-4,6-8,10,12H,5,9,13H2/t10-,12-/m0/s1. The van der Waals surface area contributed by atoms with Crippen molar-refractivity contribution >= 4 is 0 Å². The Morgan fingerprint density at radius 2 is 2.08 bits per heavy atom. The molecule has 1 heteroatoms. The molecular formula is C12H15N. The highest BCUT2D eigenvalue weighted by Crippen LogP contribution is 2.24. The Balaban J connectivity index is 2.06. The van der Waals surface area contributed by atoms with Gasteiger partial charge in [0.2, 0.25) is 0 Å². The van der Waals surface area contributed by atoms with Crippen LogP contribution in [0.5, 0.6) is 0 Å². The monoisotopic (exact) mass is 173 g/mol. The fraction of sp³-hybridized carbons (Fsp3) is 0.333. The number of rotatable bonds is 1. The van der Waals surface area contributed by atoms with Crippen LogP contribution in [-0.2, 0) is 0 Å². The van der Waals surface area contributed by atoms with Crippen LogP contribution in [0.4, 0.5) is 0 Å². The van der Waals surface area contributed by atoms with E-state index in [1.807, 2.05) is 0 Å². The van der Waals surface area contributed by atoms with E-state index in [0.29, 0.717) is 5.92 Å². The van der Waals surface area contributed by atoms with Crippen molar-refractivity contribution in [1.29, 1.82) is 0 Å². The van der Waals surface area contributed by atoms with Gasteiger partial charge in [-0.05, 0) is 18.4 Å². The molecule has 0 saturated heterocycles. The van der Waals surface area contributed by atoms with Gasteiger partial charge in [-0.15, -0.1) is 0 Å². The zero-order valence-corrected chi connectivity index (χ0v) is 7.69. The third kappa shape index (κ3) is 1.99. The van der Waals surface area contributed by atoms with Crippen LogP contribution in [0.1, 0.15) is 12.8 Å². The van der Waals surface area contributed by atoms with Gasteiger partial charge in [-0.25, -0.2) is 0 Å². The van der Waals surface area contributed by atoms with Crippen molar-refractivity contribution in [3.05, 3.63) is 48.1 Å². The Morgan fingerprint density at radius 3 is 2.69 bits per heavy atom. The smallest absolute Gasteiger partial charge is 0.0262 e. The van der Waals surface area contributed by atoms with Gasteiger partial charge >= 0.3 is 0 Å². The highest BCUT2D eigenvalue weighted by Gasteiger charge is 2.12. The van der Waals surface area contributed by atoms with E-state index in [1.54, 1.807) is 0 Å². The lowest BCUT2D eigenvalue weighted by atomic mass is 9.88. The summed E-state index contributed by atoms with van der Waals surface area (Å²) >= 11 is 0. The first-order valence-electron chi connectivity index (χ1n) is 4.83. The first-order valence-corrected chi connectivity index (χ1v) is 4.83. The maximum Gasteiger partial charge on any atom is 0.0262 e. The van der Waals surface area contributed by atoms with Crippen LogP contribution in [-0.4, -0.2) is 6.04 Å². The molecule has 0 aromatic heterocycles. The number of hydrogen-bond donors (Lipinski definition) is 1. The van der Waals surface area contributed by atoms with Crippen LogP contribution in [0.2, 0.25) is 0 Å². The zero-order valence-electron chi connectivity index (χ0n) is 7.69. The van der Waals surface area contributed by atoms with Crippen molar-refractivity contribution < 1.29 is 0 Å². The van der Waals surface area contributed by atoms with Gasteiger partial charge in [0, 0.05) is 12.0 Å². The molecule has 0 fully saturated rings. The zero-order chi connectivity index (χ0) is 9.10. The van der Waals surface area contributed by atoms with Gasteiger partial charge in [0.25, 0.3) is 0 Å². The molecule has 1 nitrogen and oxygen atoms in total. The molecule has 0 saturated carbocycles. The van der Waals surface area contributed by atoms with E-state index in [1.165, 1.54) is 5.57 Å². The van der Waals surface area contributed by atoms with Gasteiger partial charge in [0.1, 0.15) is 0 Å². The van der Waals surface area contributed by atoms with E-state index in [9.17, 15) is 0 Å². The molecule has 0 amide bonds. The maximum atomic E-state index is 5.76. The van der Waals surface area contributed by atoms with Crippen LogP contribution < -0.4 is 5.73 Å². The van der Waals surface area contributed by atoms with Crippen LogP contribution in [0, 0.1) is 5.92 Å². The van der Waals surface area contributed by atoms with E-state index in [0.717, 1.165) is 12.8 Å². The molecule has 0 bridgehead atoms. The van der Waals surface area contributed by atoms with Crippen LogP contribution in [0.25, 0.3) is 0 Å². The Bertz CT molecular complexity index is 294. The summed E-state index contributed by atoms with van der Waals surface area (Å²) in [6, 6.07) is 0.229. The molecule has 0 spiro atoms. The summed E-state index contributed by atoms with van der Waals surface area (Å²) in [5.41, 5.74) is 7.18. The van der Waals surface area contributed by atoms with Crippen molar-refractivity contribution in [2.24, 2.45) is 11.7 Å². The van der Waals surface area contributed by atoms with E-state index < -0.39 is 0 Å². The molecule has 0 aliphatic heterocycles. The largest absolute Gasteiger partial charge is 0.324 e. The van der Waals surface area contributed by atoms with Crippen molar-refractivity contribution in [2.45, 2.75) is 18.9 Å². The average molecular weight is 173 g/mol. The van der Waals surface area contributed by atoms with Crippen LogP contribution in [0.15, 0.2) is 48.1 Å². The summed E-state index contributed by atoms with van der Waals surface area (Å²) in [4.78, 5) is 0. The van der Waals surface area contributed by atoms with E-state index in [4.69, 9.17) is 5.73 Å². The predicted octanol–water partition coefficient (Wildman–Crippen LogP) is 2.33. The quantitative estimate of drug-likeness (QED) is 0.647. The van der Waals surface area contributed by atoms with Gasteiger partial charge in [-0.3, -0.25) is 0 Å². The van der Waals surface area contributed by atoms with E-state index in [-0.39, 0.29) is 6.04 Å². The second-order valence-electron chi connectivity index (χ2n) is 3.62. The third-order valence-electron chi connectivity index (χ3n) is 2.57. The van der Waals surface area contributed by atoms with Crippen molar-refractivity contribution in [3.8, 4) is 0 Å². The van der Waals surface area contributed by atoms with Crippen LogP contribution in [0.3, 0.4) is 0 Å². The van der Waals surface area contributed by atoms with Gasteiger partial charge < -0.3 is 5.73 Å². The molecule has 2 aliphatic rings. The lowest BCUT2D eigenvalue weighted by molar-refractivity contribution is 0.744. The molecule has 0 unspecified atom stereocenters. The number of nitrogens with two attached hydrogens (primary N) is 1. The first-order chi connectivity index (χ1) is 6.36. The molecule has 2 N–H and O–H groups in total. The Morgan fingerprint density at radius 1 is 1.15 bits per heavy atom. The van der Waals surface area contributed by atoms with Gasteiger partial charge in [-0.1, -0.05) is 42.5 Å². The molecule has 2 atom stereocenters. The molecule has 2 aliphatic carbocycles. The third-order valence-corrected chi connectivity index (χ3v) is 2.57. The average Bonchev–Trinajstić information content (AvgIpc) is 2.20.